The van der Waals surface area contributed by atoms with Gasteiger partial charge in [-0.2, -0.15) is 9.52 Å². The number of H-pyrrole nitrogens is 1. The molecular formula is C34H42N10O4S. The van der Waals surface area contributed by atoms with E-state index in [9.17, 15) is 18.0 Å². The first-order valence-electron chi connectivity index (χ1n) is 16.5. The quantitative estimate of drug-likeness (QED) is 0.210. The van der Waals surface area contributed by atoms with Gasteiger partial charge in [0.2, 0.25) is 27.7 Å². The van der Waals surface area contributed by atoms with Crippen LogP contribution in [0.25, 0.3) is 22.5 Å². The molecule has 3 heterocycles. The van der Waals surface area contributed by atoms with E-state index in [2.05, 4.69) is 30.5 Å². The molecule has 0 spiro atoms. The van der Waals surface area contributed by atoms with Crippen molar-refractivity contribution in [3.63, 3.8) is 0 Å². The molecule has 2 amide bonds. The standard InChI is InChI=1S/C34H42N10O4S/c1-42-14-16-43(17-15-42)49(47,48)30-19-28(21-37-22-30)25-6-2-23(3-7-25)18-31(32(36)45)44(34(46)27-8-4-24(20-35)5-9-27)29-12-10-26(11-13-29)33-38-40-41-39-33/h2-3,6-7,10-13,19,21-22,24,27,31H,4-5,8-9,14-18,20,35H2,1H3,(H2,36,45)(H,38,39,40,41)/t24?,27?,31-/m0/s1. The summed E-state index contributed by atoms with van der Waals surface area (Å²) in [6.45, 7) is 2.79. The summed E-state index contributed by atoms with van der Waals surface area (Å²) < 4.78 is 28.2. The number of pyridine rings is 1. The SMILES string of the molecule is CN1CCN(S(=O)(=O)c2cncc(-c3ccc(C[C@@H](C(N)=O)N(C(=O)C4CCC(CN)CC4)c4ccc(-c5nn[nH]n5)cc4)cc3)c2)CC1. The second-order valence-electron chi connectivity index (χ2n) is 12.9. The Morgan fingerprint density at radius 2 is 1.61 bits per heavy atom. The number of carbonyl (C=O) groups is 2. The number of hydrogen-bond acceptors (Lipinski definition) is 10. The number of likely N-dealkylation sites (N-methyl/N-ethyl adjacent to an activating group) is 1. The molecule has 14 nitrogen and oxygen atoms in total. The van der Waals surface area contributed by atoms with Gasteiger partial charge in [0, 0.05) is 67.7 Å². The number of nitrogens with one attached hydrogen (secondary N) is 1. The van der Waals surface area contributed by atoms with Gasteiger partial charge in [-0.05, 0) is 91.9 Å². The van der Waals surface area contributed by atoms with Gasteiger partial charge in [0.25, 0.3) is 0 Å². The monoisotopic (exact) mass is 686 g/mol. The van der Waals surface area contributed by atoms with Crippen molar-refractivity contribution >= 4 is 27.5 Å². The van der Waals surface area contributed by atoms with Gasteiger partial charge in [0.15, 0.2) is 0 Å². The summed E-state index contributed by atoms with van der Waals surface area (Å²) in [6.07, 6.45) is 6.28. The Morgan fingerprint density at radius 3 is 2.22 bits per heavy atom. The summed E-state index contributed by atoms with van der Waals surface area (Å²) in [5, 5.41) is 14.1. The van der Waals surface area contributed by atoms with Crippen LogP contribution < -0.4 is 16.4 Å². The molecule has 2 aliphatic rings. The Hall–Kier alpha value is -4.57. The van der Waals surface area contributed by atoms with Crippen LogP contribution in [0.1, 0.15) is 31.2 Å². The molecule has 2 aromatic carbocycles. The highest BCUT2D eigenvalue weighted by molar-refractivity contribution is 7.89. The van der Waals surface area contributed by atoms with Crippen molar-refractivity contribution in [2.24, 2.45) is 23.3 Å². The molecular weight excluding hydrogens is 645 g/mol. The number of tetrazole rings is 1. The lowest BCUT2D eigenvalue weighted by molar-refractivity contribution is -0.127. The average Bonchev–Trinajstić information content (AvgIpc) is 3.67. The fraction of sp³-hybridized carbons (Fsp3) is 0.412. The summed E-state index contributed by atoms with van der Waals surface area (Å²) in [5.41, 5.74) is 15.4. The van der Waals surface area contributed by atoms with Crippen LogP contribution >= 0.6 is 0 Å². The molecule has 6 rings (SSSR count). The maximum Gasteiger partial charge on any atom is 0.244 e. The molecule has 0 radical (unpaired) electrons. The lowest BCUT2D eigenvalue weighted by Gasteiger charge is -2.35. The first kappa shape index (κ1) is 34.3. The highest BCUT2D eigenvalue weighted by atomic mass is 32.2. The highest BCUT2D eigenvalue weighted by Gasteiger charge is 2.36. The Bertz CT molecular complexity index is 1840. The van der Waals surface area contributed by atoms with Gasteiger partial charge in [-0.15, -0.1) is 10.2 Å². The molecule has 1 aliphatic heterocycles. The number of aromatic amines is 1. The van der Waals surface area contributed by atoms with Gasteiger partial charge in [0.05, 0.1) is 0 Å². The predicted octanol–water partition coefficient (Wildman–Crippen LogP) is 2.06. The fourth-order valence-electron chi connectivity index (χ4n) is 6.63. The van der Waals surface area contributed by atoms with Crippen molar-refractivity contribution < 1.29 is 18.0 Å². The van der Waals surface area contributed by atoms with E-state index in [1.807, 2.05) is 31.3 Å². The predicted molar refractivity (Wildman–Crippen MR) is 184 cm³/mol. The molecule has 5 N–H and O–H groups in total. The van der Waals surface area contributed by atoms with Gasteiger partial charge in [0.1, 0.15) is 10.9 Å². The van der Waals surface area contributed by atoms with Gasteiger partial charge < -0.3 is 16.4 Å². The van der Waals surface area contributed by atoms with E-state index >= 15 is 0 Å². The summed E-state index contributed by atoms with van der Waals surface area (Å²) >= 11 is 0. The van der Waals surface area contributed by atoms with E-state index in [1.54, 1.807) is 41.4 Å². The number of piperazine rings is 1. The zero-order valence-corrected chi connectivity index (χ0v) is 28.3. The van der Waals surface area contributed by atoms with Crippen molar-refractivity contribution in [1.29, 1.82) is 0 Å². The minimum Gasteiger partial charge on any atom is -0.368 e. The molecule has 15 heteroatoms. The van der Waals surface area contributed by atoms with Crippen LogP contribution in [-0.4, -0.2) is 101 Å². The van der Waals surface area contributed by atoms with Crippen LogP contribution in [0.2, 0.25) is 0 Å². The maximum absolute atomic E-state index is 14.2. The molecule has 1 saturated heterocycles. The third kappa shape index (κ3) is 7.69. The zero-order chi connectivity index (χ0) is 34.5. The molecule has 0 unspecified atom stereocenters. The Balaban J connectivity index is 1.25. The number of anilines is 1. The van der Waals surface area contributed by atoms with Crippen LogP contribution in [0.15, 0.2) is 71.9 Å². The second-order valence-corrected chi connectivity index (χ2v) is 14.8. The number of nitrogens with two attached hydrogens (primary N) is 2. The lowest BCUT2D eigenvalue weighted by Crippen LogP contribution is -2.52. The first-order chi connectivity index (χ1) is 23.6. The highest BCUT2D eigenvalue weighted by Crippen LogP contribution is 2.33. The van der Waals surface area contributed by atoms with Crippen LogP contribution in [0.5, 0.6) is 0 Å². The number of benzene rings is 2. The Morgan fingerprint density at radius 1 is 0.939 bits per heavy atom. The largest absolute Gasteiger partial charge is 0.368 e. The van der Waals surface area contributed by atoms with Crippen LogP contribution in [0, 0.1) is 11.8 Å². The van der Waals surface area contributed by atoms with E-state index in [-0.39, 0.29) is 23.1 Å². The van der Waals surface area contributed by atoms with Crippen LogP contribution in [-0.2, 0) is 26.0 Å². The third-order valence-corrected chi connectivity index (χ3v) is 11.5. The van der Waals surface area contributed by atoms with E-state index in [0.717, 1.165) is 24.0 Å². The van der Waals surface area contributed by atoms with Gasteiger partial charge in [-0.1, -0.05) is 24.3 Å². The zero-order valence-electron chi connectivity index (χ0n) is 27.5. The fourth-order valence-corrected chi connectivity index (χ4v) is 8.04. The van der Waals surface area contributed by atoms with Gasteiger partial charge in [-0.3, -0.25) is 19.5 Å². The number of primary amides is 1. The van der Waals surface area contributed by atoms with Crippen LogP contribution in [0.4, 0.5) is 5.69 Å². The summed E-state index contributed by atoms with van der Waals surface area (Å²) in [5.74, 6) is -0.228. The molecule has 2 fully saturated rings. The summed E-state index contributed by atoms with van der Waals surface area (Å²) in [4.78, 5) is 35.4. The Kier molecular flexibility index (Phi) is 10.4. The van der Waals surface area contributed by atoms with Crippen molar-refractivity contribution in [2.45, 2.75) is 43.0 Å². The van der Waals surface area contributed by atoms with E-state index in [0.29, 0.717) is 74.1 Å². The number of rotatable bonds is 11. The number of hydrogen-bond donors (Lipinski definition) is 3. The molecule has 1 atom stereocenters. The topological polar surface area (TPSA) is 197 Å². The van der Waals surface area contributed by atoms with E-state index in [4.69, 9.17) is 11.5 Å². The molecule has 2 aromatic heterocycles. The number of nitrogens with zero attached hydrogens (tertiary/aromatic N) is 7. The molecule has 1 aliphatic carbocycles. The second kappa shape index (κ2) is 14.9. The van der Waals surface area contributed by atoms with Crippen molar-refractivity contribution in [1.82, 2.24) is 34.8 Å². The number of sulfonamides is 1. The summed E-state index contributed by atoms with van der Waals surface area (Å²) in [6, 6.07) is 15.2. The van der Waals surface area contributed by atoms with Crippen molar-refractivity contribution in [3.05, 3.63) is 72.6 Å². The average molecular weight is 687 g/mol. The van der Waals surface area contributed by atoms with Crippen molar-refractivity contribution in [2.75, 3.05) is 44.7 Å². The number of amides is 2. The first-order valence-corrected chi connectivity index (χ1v) is 18.0. The lowest BCUT2D eigenvalue weighted by atomic mass is 9.81. The van der Waals surface area contributed by atoms with Gasteiger partial charge in [-0.25, -0.2) is 8.42 Å². The van der Waals surface area contributed by atoms with E-state index < -0.39 is 22.0 Å². The number of carbonyl (C=O) groups excluding carboxylic acids is 2. The Labute approximate surface area is 285 Å². The third-order valence-electron chi connectivity index (χ3n) is 9.69. The molecule has 1 saturated carbocycles. The molecule has 0 bridgehead atoms. The van der Waals surface area contributed by atoms with E-state index in [1.165, 1.54) is 10.5 Å². The normalized spacial score (nSPS) is 19.7. The molecule has 49 heavy (non-hydrogen) atoms. The maximum atomic E-state index is 14.2. The summed E-state index contributed by atoms with van der Waals surface area (Å²) in [7, 11) is -1.71. The molecule has 258 valence electrons. The van der Waals surface area contributed by atoms with Crippen LogP contribution in [0.3, 0.4) is 0 Å². The van der Waals surface area contributed by atoms with Crippen molar-refractivity contribution in [3.8, 4) is 22.5 Å². The smallest absolute Gasteiger partial charge is 0.244 e. The van der Waals surface area contributed by atoms with Gasteiger partial charge >= 0.3 is 0 Å². The number of aromatic nitrogens is 5. The minimum atomic E-state index is -3.69. The minimum absolute atomic E-state index is 0.146. The molecule has 4 aromatic rings.